The fourth-order valence-corrected chi connectivity index (χ4v) is 4.78. The average Bonchev–Trinajstić information content (AvgIpc) is 2.99. The van der Waals surface area contributed by atoms with Crippen LogP contribution in [0.25, 0.3) is 10.1 Å². The molecule has 1 aliphatic rings. The van der Waals surface area contributed by atoms with Crippen LogP contribution in [-0.2, 0) is 6.42 Å². The van der Waals surface area contributed by atoms with E-state index in [4.69, 9.17) is 0 Å². The maximum absolute atomic E-state index is 3.75. The average molecular weight is 309 g/mol. The van der Waals surface area contributed by atoms with Crippen LogP contribution in [0, 0.1) is 5.41 Å². The predicted octanol–water partition coefficient (Wildman–Crippen LogP) is 5.40. The highest BCUT2D eigenvalue weighted by Gasteiger charge is 2.33. The van der Waals surface area contributed by atoms with Crippen molar-refractivity contribution in [2.45, 2.75) is 32.1 Å². The quantitative estimate of drug-likeness (QED) is 0.666. The van der Waals surface area contributed by atoms with E-state index < -0.39 is 0 Å². The Kier molecular flexibility index (Phi) is 3.27. The summed E-state index contributed by atoms with van der Waals surface area (Å²) in [7, 11) is 0. The summed E-state index contributed by atoms with van der Waals surface area (Å²) in [4.78, 5) is 0. The van der Waals surface area contributed by atoms with Crippen molar-refractivity contribution < 1.29 is 0 Å². The molecule has 2 heteroatoms. The van der Waals surface area contributed by atoms with Gasteiger partial charge in [0.2, 0.25) is 0 Å². The van der Waals surface area contributed by atoms with E-state index in [9.17, 15) is 0 Å². The fourth-order valence-electron chi connectivity index (χ4n) is 3.06. The highest BCUT2D eigenvalue weighted by atomic mass is 79.9. The van der Waals surface area contributed by atoms with Gasteiger partial charge in [-0.15, -0.1) is 11.3 Å². The smallest absolute Gasteiger partial charge is 0.0345 e. The Hall–Kier alpha value is -0.340. The molecule has 0 saturated heterocycles. The molecule has 90 valence electrons. The maximum Gasteiger partial charge on any atom is 0.0345 e. The zero-order valence-corrected chi connectivity index (χ0v) is 12.3. The number of benzene rings is 1. The predicted molar refractivity (Wildman–Crippen MR) is 80.2 cm³/mol. The first-order chi connectivity index (χ1) is 8.33. The van der Waals surface area contributed by atoms with E-state index in [2.05, 4.69) is 45.6 Å². The van der Waals surface area contributed by atoms with Crippen molar-refractivity contribution in [1.29, 1.82) is 0 Å². The van der Waals surface area contributed by atoms with Gasteiger partial charge >= 0.3 is 0 Å². The molecule has 0 radical (unpaired) electrons. The Bertz CT molecular complexity index is 508. The molecule has 0 aliphatic heterocycles. The third-order valence-corrected chi connectivity index (χ3v) is 6.28. The van der Waals surface area contributed by atoms with Gasteiger partial charge in [-0.3, -0.25) is 0 Å². The molecule has 1 aliphatic carbocycles. The highest BCUT2D eigenvalue weighted by Crippen LogP contribution is 2.44. The van der Waals surface area contributed by atoms with Gasteiger partial charge in [-0.25, -0.2) is 0 Å². The monoisotopic (exact) mass is 308 g/mol. The Morgan fingerprint density at radius 2 is 1.94 bits per heavy atom. The maximum atomic E-state index is 3.75. The van der Waals surface area contributed by atoms with E-state index in [1.54, 1.807) is 5.56 Å². The number of alkyl halides is 1. The van der Waals surface area contributed by atoms with Crippen molar-refractivity contribution in [2.24, 2.45) is 5.41 Å². The van der Waals surface area contributed by atoms with Gasteiger partial charge < -0.3 is 0 Å². The number of thiophene rings is 1. The Morgan fingerprint density at radius 1 is 1.18 bits per heavy atom. The number of fused-ring (bicyclic) bond motifs is 1. The van der Waals surface area contributed by atoms with E-state index >= 15 is 0 Å². The summed E-state index contributed by atoms with van der Waals surface area (Å²) >= 11 is 5.64. The van der Waals surface area contributed by atoms with Gasteiger partial charge in [0.15, 0.2) is 0 Å². The summed E-state index contributed by atoms with van der Waals surface area (Å²) < 4.78 is 1.44. The molecule has 1 saturated carbocycles. The molecule has 1 fully saturated rings. The lowest BCUT2D eigenvalue weighted by molar-refractivity contribution is 0.348. The first-order valence-electron chi connectivity index (χ1n) is 6.34. The lowest BCUT2D eigenvalue weighted by Crippen LogP contribution is -2.21. The fraction of sp³-hybridized carbons (Fsp3) is 0.467. The minimum absolute atomic E-state index is 0.532. The first-order valence-corrected chi connectivity index (χ1v) is 8.34. The van der Waals surface area contributed by atoms with E-state index in [-0.39, 0.29) is 0 Å². The molecule has 1 aromatic carbocycles. The molecular weight excluding hydrogens is 292 g/mol. The second kappa shape index (κ2) is 4.74. The standard InChI is InChI=1S/C15H17BrS/c16-11-15(7-3-4-8-15)9-12-10-17-14-6-2-1-5-13(12)14/h1-2,5-6,10H,3-4,7-9,11H2. The van der Waals surface area contributed by atoms with Crippen LogP contribution in [0.2, 0.25) is 0 Å². The van der Waals surface area contributed by atoms with Gasteiger partial charge in [0.05, 0.1) is 0 Å². The summed E-state index contributed by atoms with van der Waals surface area (Å²) in [6.07, 6.45) is 6.86. The number of hydrogen-bond donors (Lipinski definition) is 0. The highest BCUT2D eigenvalue weighted by molar-refractivity contribution is 9.09. The topological polar surface area (TPSA) is 0 Å². The molecule has 2 aromatic rings. The van der Waals surface area contributed by atoms with Gasteiger partial charge in [-0.2, -0.15) is 0 Å². The minimum Gasteiger partial charge on any atom is -0.144 e. The minimum atomic E-state index is 0.532. The largest absolute Gasteiger partial charge is 0.144 e. The summed E-state index contributed by atoms with van der Waals surface area (Å²) in [5, 5.41) is 5.00. The van der Waals surface area contributed by atoms with Crippen molar-refractivity contribution >= 4 is 37.4 Å². The number of hydrogen-bond acceptors (Lipinski definition) is 1. The van der Waals surface area contributed by atoms with Gasteiger partial charge in [0, 0.05) is 10.0 Å². The van der Waals surface area contributed by atoms with E-state index in [0.29, 0.717) is 5.41 Å². The summed E-state index contributed by atoms with van der Waals surface area (Å²) in [6.45, 7) is 0. The van der Waals surface area contributed by atoms with Crippen molar-refractivity contribution in [2.75, 3.05) is 5.33 Å². The summed E-state index contributed by atoms with van der Waals surface area (Å²) in [6, 6.07) is 8.81. The van der Waals surface area contributed by atoms with Crippen LogP contribution in [0.1, 0.15) is 31.2 Å². The zero-order valence-electron chi connectivity index (χ0n) is 9.92. The molecule has 0 spiro atoms. The van der Waals surface area contributed by atoms with E-state index in [1.165, 1.54) is 42.2 Å². The van der Waals surface area contributed by atoms with Gasteiger partial charge in [-0.1, -0.05) is 47.0 Å². The third-order valence-electron chi connectivity index (χ3n) is 4.07. The molecule has 0 atom stereocenters. The Balaban J connectivity index is 1.94. The van der Waals surface area contributed by atoms with Gasteiger partial charge in [0.25, 0.3) is 0 Å². The number of halogens is 1. The van der Waals surface area contributed by atoms with Crippen LogP contribution in [0.15, 0.2) is 29.6 Å². The normalized spacial score (nSPS) is 18.9. The van der Waals surface area contributed by atoms with Gasteiger partial charge in [-0.05, 0) is 47.1 Å². The second-order valence-corrected chi connectivity index (χ2v) is 6.75. The molecule has 1 aromatic heterocycles. The van der Waals surface area contributed by atoms with Crippen molar-refractivity contribution in [3.8, 4) is 0 Å². The lowest BCUT2D eigenvalue weighted by atomic mass is 9.82. The molecular formula is C15H17BrS. The zero-order chi connectivity index (χ0) is 11.7. The van der Waals surface area contributed by atoms with Crippen LogP contribution in [0.3, 0.4) is 0 Å². The van der Waals surface area contributed by atoms with Crippen LogP contribution < -0.4 is 0 Å². The summed E-state index contributed by atoms with van der Waals surface area (Å²) in [5.74, 6) is 0. The molecule has 3 rings (SSSR count). The van der Waals surface area contributed by atoms with Crippen LogP contribution in [0.4, 0.5) is 0 Å². The first kappa shape index (κ1) is 11.7. The van der Waals surface area contributed by atoms with E-state index in [0.717, 1.165) is 5.33 Å². The molecule has 0 amide bonds. The molecule has 0 bridgehead atoms. The molecule has 0 nitrogen and oxygen atoms in total. The SMILES string of the molecule is BrCC1(Cc2csc3ccccc23)CCCC1. The van der Waals surface area contributed by atoms with E-state index in [1.807, 2.05) is 11.3 Å². The third kappa shape index (κ3) is 2.17. The van der Waals surface area contributed by atoms with Crippen LogP contribution in [-0.4, -0.2) is 5.33 Å². The molecule has 0 N–H and O–H groups in total. The van der Waals surface area contributed by atoms with Crippen LogP contribution >= 0.6 is 27.3 Å². The summed E-state index contributed by atoms with van der Waals surface area (Å²) in [5.41, 5.74) is 2.09. The lowest BCUT2D eigenvalue weighted by Gasteiger charge is -2.26. The molecule has 0 unspecified atom stereocenters. The number of rotatable bonds is 3. The van der Waals surface area contributed by atoms with Crippen molar-refractivity contribution in [1.82, 2.24) is 0 Å². The molecule has 17 heavy (non-hydrogen) atoms. The van der Waals surface area contributed by atoms with Crippen molar-refractivity contribution in [3.05, 3.63) is 35.2 Å². The van der Waals surface area contributed by atoms with Crippen LogP contribution in [0.5, 0.6) is 0 Å². The second-order valence-electron chi connectivity index (χ2n) is 5.27. The molecule has 1 heterocycles. The van der Waals surface area contributed by atoms with Gasteiger partial charge in [0.1, 0.15) is 0 Å². The Morgan fingerprint density at radius 3 is 2.71 bits per heavy atom. The Labute approximate surface area is 115 Å². The van der Waals surface area contributed by atoms with Crippen molar-refractivity contribution in [3.63, 3.8) is 0 Å².